The predicted octanol–water partition coefficient (Wildman–Crippen LogP) is 3.91. The van der Waals surface area contributed by atoms with Crippen molar-refractivity contribution >= 4 is 0 Å². The van der Waals surface area contributed by atoms with E-state index in [1.807, 2.05) is 0 Å². The summed E-state index contributed by atoms with van der Waals surface area (Å²) in [5.41, 5.74) is 2.78. The molecule has 2 heteroatoms. The van der Waals surface area contributed by atoms with E-state index < -0.39 is 0 Å². The molecule has 0 amide bonds. The number of hydrogen-bond donors (Lipinski definition) is 1. The SMILES string of the molecule is CNC(CCN1CCCC2CCCC21)c1ccc(C)cc1. The van der Waals surface area contributed by atoms with Gasteiger partial charge in [0.25, 0.3) is 0 Å². The second-order valence-corrected chi connectivity index (χ2v) is 6.98. The van der Waals surface area contributed by atoms with Crippen molar-refractivity contribution in [2.24, 2.45) is 5.92 Å². The standard InChI is InChI=1S/C19H30N2/c1-15-8-10-16(11-9-15)18(20-2)12-14-21-13-4-6-17-5-3-7-19(17)21/h8-11,17-20H,3-7,12-14H2,1-2H3. The fraction of sp³-hybridized carbons (Fsp3) is 0.684. The quantitative estimate of drug-likeness (QED) is 0.883. The van der Waals surface area contributed by atoms with E-state index in [2.05, 4.69) is 48.5 Å². The molecule has 2 fully saturated rings. The van der Waals surface area contributed by atoms with Gasteiger partial charge >= 0.3 is 0 Å². The highest BCUT2D eigenvalue weighted by Gasteiger charge is 2.34. The smallest absolute Gasteiger partial charge is 0.0329 e. The summed E-state index contributed by atoms with van der Waals surface area (Å²) in [6.45, 7) is 4.73. The summed E-state index contributed by atoms with van der Waals surface area (Å²) in [5.74, 6) is 1.01. The van der Waals surface area contributed by atoms with Crippen molar-refractivity contribution in [3.8, 4) is 0 Å². The highest BCUT2D eigenvalue weighted by molar-refractivity contribution is 5.24. The Morgan fingerprint density at radius 2 is 1.90 bits per heavy atom. The zero-order valence-corrected chi connectivity index (χ0v) is 13.6. The zero-order chi connectivity index (χ0) is 14.7. The lowest BCUT2D eigenvalue weighted by molar-refractivity contribution is 0.108. The van der Waals surface area contributed by atoms with Gasteiger partial charge in [-0.1, -0.05) is 36.2 Å². The average Bonchev–Trinajstić information content (AvgIpc) is 2.99. The Kier molecular flexibility index (Phi) is 4.97. The Hall–Kier alpha value is -0.860. The molecule has 1 heterocycles. The van der Waals surface area contributed by atoms with E-state index in [4.69, 9.17) is 0 Å². The van der Waals surface area contributed by atoms with Crippen molar-refractivity contribution in [2.75, 3.05) is 20.1 Å². The number of hydrogen-bond acceptors (Lipinski definition) is 2. The predicted molar refractivity (Wildman–Crippen MR) is 89.5 cm³/mol. The Bertz CT molecular complexity index is 439. The van der Waals surface area contributed by atoms with E-state index in [-0.39, 0.29) is 0 Å². The van der Waals surface area contributed by atoms with Crippen molar-refractivity contribution in [3.05, 3.63) is 35.4 Å². The van der Waals surface area contributed by atoms with Crippen LogP contribution >= 0.6 is 0 Å². The fourth-order valence-corrected chi connectivity index (χ4v) is 4.41. The van der Waals surface area contributed by atoms with E-state index in [9.17, 15) is 0 Å². The molecule has 0 spiro atoms. The van der Waals surface area contributed by atoms with E-state index in [0.717, 1.165) is 12.0 Å². The van der Waals surface area contributed by atoms with Crippen LogP contribution in [-0.4, -0.2) is 31.1 Å². The number of nitrogens with one attached hydrogen (secondary N) is 1. The van der Waals surface area contributed by atoms with Gasteiger partial charge in [-0.15, -0.1) is 0 Å². The first-order chi connectivity index (χ1) is 10.3. The van der Waals surface area contributed by atoms with Crippen molar-refractivity contribution in [3.63, 3.8) is 0 Å². The Morgan fingerprint density at radius 3 is 2.67 bits per heavy atom. The van der Waals surface area contributed by atoms with E-state index in [1.165, 1.54) is 62.7 Å². The summed E-state index contributed by atoms with van der Waals surface area (Å²) in [6.07, 6.45) is 8.50. The number of likely N-dealkylation sites (tertiary alicyclic amines) is 1. The van der Waals surface area contributed by atoms with Gasteiger partial charge in [0, 0.05) is 18.6 Å². The molecule has 0 radical (unpaired) electrons. The van der Waals surface area contributed by atoms with Crippen molar-refractivity contribution in [1.82, 2.24) is 10.2 Å². The lowest BCUT2D eigenvalue weighted by Gasteiger charge is -2.38. The minimum Gasteiger partial charge on any atom is -0.313 e. The average molecular weight is 286 g/mol. The van der Waals surface area contributed by atoms with E-state index in [1.54, 1.807) is 0 Å². The molecule has 0 bridgehead atoms. The van der Waals surface area contributed by atoms with Gasteiger partial charge < -0.3 is 10.2 Å². The van der Waals surface area contributed by atoms with Crippen molar-refractivity contribution in [1.29, 1.82) is 0 Å². The topological polar surface area (TPSA) is 15.3 Å². The van der Waals surface area contributed by atoms with Gasteiger partial charge in [-0.25, -0.2) is 0 Å². The molecule has 3 rings (SSSR count). The van der Waals surface area contributed by atoms with Crippen LogP contribution in [-0.2, 0) is 0 Å². The van der Waals surface area contributed by atoms with Crippen LogP contribution < -0.4 is 5.32 Å². The largest absolute Gasteiger partial charge is 0.313 e. The monoisotopic (exact) mass is 286 g/mol. The summed E-state index contributed by atoms with van der Waals surface area (Å²) >= 11 is 0. The molecule has 1 saturated heterocycles. The van der Waals surface area contributed by atoms with Gasteiger partial charge in [-0.3, -0.25) is 0 Å². The van der Waals surface area contributed by atoms with Crippen molar-refractivity contribution in [2.45, 2.75) is 57.5 Å². The van der Waals surface area contributed by atoms with Crippen molar-refractivity contribution < 1.29 is 0 Å². The number of piperidine rings is 1. The third-order valence-electron chi connectivity index (χ3n) is 5.64. The van der Waals surface area contributed by atoms with Crippen LogP contribution in [0.15, 0.2) is 24.3 Å². The Balaban J connectivity index is 1.58. The molecule has 2 nitrogen and oxygen atoms in total. The summed E-state index contributed by atoms with van der Waals surface area (Å²) in [4.78, 5) is 2.79. The van der Waals surface area contributed by atoms with Crippen LogP contribution in [0.2, 0.25) is 0 Å². The summed E-state index contributed by atoms with van der Waals surface area (Å²) in [5, 5.41) is 3.51. The van der Waals surface area contributed by atoms with E-state index >= 15 is 0 Å². The van der Waals surface area contributed by atoms with Gasteiger partial charge in [0.05, 0.1) is 0 Å². The molecule has 3 unspecified atom stereocenters. The second-order valence-electron chi connectivity index (χ2n) is 6.98. The maximum Gasteiger partial charge on any atom is 0.0329 e. The maximum absolute atomic E-state index is 3.51. The van der Waals surface area contributed by atoms with Crippen LogP contribution in [0.1, 0.15) is 55.7 Å². The van der Waals surface area contributed by atoms with Crippen LogP contribution in [0.5, 0.6) is 0 Å². The second kappa shape index (κ2) is 6.93. The van der Waals surface area contributed by atoms with Gasteiger partial charge in [0.15, 0.2) is 0 Å². The molecule has 1 aromatic carbocycles. The molecule has 1 aliphatic heterocycles. The molecule has 1 saturated carbocycles. The fourth-order valence-electron chi connectivity index (χ4n) is 4.41. The minimum absolute atomic E-state index is 0.493. The third-order valence-corrected chi connectivity index (χ3v) is 5.64. The lowest BCUT2D eigenvalue weighted by atomic mass is 9.91. The highest BCUT2D eigenvalue weighted by Crippen LogP contribution is 2.37. The van der Waals surface area contributed by atoms with E-state index in [0.29, 0.717) is 6.04 Å². The molecular formula is C19H30N2. The normalized spacial score (nSPS) is 27.5. The summed E-state index contributed by atoms with van der Waals surface area (Å²) < 4.78 is 0. The molecule has 1 aliphatic carbocycles. The highest BCUT2D eigenvalue weighted by atomic mass is 15.2. The molecule has 1 aromatic rings. The van der Waals surface area contributed by atoms with Crippen LogP contribution in [0.3, 0.4) is 0 Å². The first kappa shape index (κ1) is 15.1. The first-order valence-electron chi connectivity index (χ1n) is 8.76. The number of aryl methyl sites for hydroxylation is 1. The van der Waals surface area contributed by atoms with Gasteiger partial charge in [-0.05, 0) is 64.1 Å². The van der Waals surface area contributed by atoms with Crippen LogP contribution in [0.25, 0.3) is 0 Å². The maximum atomic E-state index is 3.51. The number of nitrogens with zero attached hydrogens (tertiary/aromatic N) is 1. The molecule has 0 aromatic heterocycles. The molecule has 116 valence electrons. The summed E-state index contributed by atoms with van der Waals surface area (Å²) in [7, 11) is 2.10. The van der Waals surface area contributed by atoms with Gasteiger partial charge in [-0.2, -0.15) is 0 Å². The van der Waals surface area contributed by atoms with Gasteiger partial charge in [0.1, 0.15) is 0 Å². The first-order valence-corrected chi connectivity index (χ1v) is 8.76. The van der Waals surface area contributed by atoms with Crippen LogP contribution in [0, 0.1) is 12.8 Å². The molecular weight excluding hydrogens is 256 g/mol. The lowest BCUT2D eigenvalue weighted by Crippen LogP contribution is -2.43. The number of rotatable bonds is 5. The third kappa shape index (κ3) is 3.49. The number of fused-ring (bicyclic) bond motifs is 1. The number of benzene rings is 1. The Labute approximate surface area is 129 Å². The molecule has 1 N–H and O–H groups in total. The Morgan fingerprint density at radius 1 is 1.14 bits per heavy atom. The van der Waals surface area contributed by atoms with Crippen LogP contribution in [0.4, 0.5) is 0 Å². The molecule has 2 aliphatic rings. The minimum atomic E-state index is 0.493. The molecule has 3 atom stereocenters. The molecule has 21 heavy (non-hydrogen) atoms. The summed E-state index contributed by atoms with van der Waals surface area (Å²) in [6, 6.07) is 10.4. The van der Waals surface area contributed by atoms with Gasteiger partial charge in [0.2, 0.25) is 0 Å². The zero-order valence-electron chi connectivity index (χ0n) is 13.6.